The molecule has 8 heteroatoms. The highest BCUT2D eigenvalue weighted by Crippen LogP contribution is 2.32. The van der Waals surface area contributed by atoms with Crippen molar-refractivity contribution in [3.05, 3.63) is 64.8 Å². The van der Waals surface area contributed by atoms with Crippen LogP contribution in [0.25, 0.3) is 16.2 Å². The number of hydrogen-bond acceptors (Lipinski definition) is 5. The SMILES string of the molecule is Fc1ccc(CNc2nc(-n3ccnc3)nc3sc(Cl)cc23)cc1. The molecular weight excluding hydrogens is 349 g/mol. The van der Waals surface area contributed by atoms with Gasteiger partial charge in [-0.25, -0.2) is 14.4 Å². The van der Waals surface area contributed by atoms with Gasteiger partial charge in [0.2, 0.25) is 5.95 Å². The number of nitrogens with zero attached hydrogens (tertiary/aromatic N) is 4. The van der Waals surface area contributed by atoms with Gasteiger partial charge in [-0.15, -0.1) is 11.3 Å². The Bertz CT molecular complexity index is 982. The van der Waals surface area contributed by atoms with Gasteiger partial charge in [0.15, 0.2) is 0 Å². The van der Waals surface area contributed by atoms with Crippen LogP contribution in [0.5, 0.6) is 0 Å². The predicted octanol–water partition coefficient (Wildman–Crippen LogP) is 4.28. The summed E-state index contributed by atoms with van der Waals surface area (Å²) < 4.78 is 15.4. The Labute approximate surface area is 145 Å². The fraction of sp³-hybridized carbons (Fsp3) is 0.0625. The molecule has 0 aliphatic rings. The Morgan fingerprint density at radius 3 is 2.79 bits per heavy atom. The van der Waals surface area contributed by atoms with Gasteiger partial charge < -0.3 is 5.32 Å². The van der Waals surface area contributed by atoms with Crippen molar-refractivity contribution in [1.29, 1.82) is 0 Å². The zero-order valence-corrected chi connectivity index (χ0v) is 13.9. The van der Waals surface area contributed by atoms with Crippen LogP contribution in [0, 0.1) is 5.82 Å². The van der Waals surface area contributed by atoms with E-state index in [1.807, 2.05) is 6.07 Å². The molecule has 0 saturated carbocycles. The maximum absolute atomic E-state index is 13.0. The molecule has 4 aromatic rings. The number of benzene rings is 1. The average Bonchev–Trinajstić information content (AvgIpc) is 3.22. The lowest BCUT2D eigenvalue weighted by Crippen LogP contribution is -2.06. The Hall–Kier alpha value is -2.51. The van der Waals surface area contributed by atoms with Crippen LogP contribution in [-0.2, 0) is 6.54 Å². The molecule has 3 heterocycles. The third kappa shape index (κ3) is 2.95. The molecule has 5 nitrogen and oxygen atoms in total. The largest absolute Gasteiger partial charge is 0.365 e. The van der Waals surface area contributed by atoms with Crippen molar-refractivity contribution >= 4 is 39.0 Å². The first-order chi connectivity index (χ1) is 11.7. The number of fused-ring (bicyclic) bond motifs is 1. The second kappa shape index (κ2) is 6.18. The van der Waals surface area contributed by atoms with Gasteiger partial charge in [-0.1, -0.05) is 23.7 Å². The average molecular weight is 360 g/mol. The van der Waals surface area contributed by atoms with Crippen LogP contribution in [-0.4, -0.2) is 19.5 Å². The van der Waals surface area contributed by atoms with Gasteiger partial charge in [0.1, 0.15) is 22.8 Å². The highest BCUT2D eigenvalue weighted by Gasteiger charge is 2.12. The van der Waals surface area contributed by atoms with Crippen LogP contribution in [0.4, 0.5) is 10.2 Å². The first kappa shape index (κ1) is 15.0. The van der Waals surface area contributed by atoms with Gasteiger partial charge in [0.25, 0.3) is 0 Å². The van der Waals surface area contributed by atoms with E-state index in [9.17, 15) is 4.39 Å². The molecule has 24 heavy (non-hydrogen) atoms. The Morgan fingerprint density at radius 2 is 2.04 bits per heavy atom. The van der Waals surface area contributed by atoms with Crippen molar-refractivity contribution in [3.63, 3.8) is 0 Å². The smallest absolute Gasteiger partial charge is 0.238 e. The van der Waals surface area contributed by atoms with Gasteiger partial charge in [-0.3, -0.25) is 4.57 Å². The summed E-state index contributed by atoms with van der Waals surface area (Å²) in [5.74, 6) is 0.937. The van der Waals surface area contributed by atoms with E-state index >= 15 is 0 Å². The molecule has 0 saturated heterocycles. The first-order valence-corrected chi connectivity index (χ1v) is 8.32. The van der Waals surface area contributed by atoms with Gasteiger partial charge in [-0.05, 0) is 23.8 Å². The number of imidazole rings is 1. The van der Waals surface area contributed by atoms with Crippen molar-refractivity contribution in [1.82, 2.24) is 19.5 Å². The molecule has 0 aliphatic carbocycles. The standard InChI is InChI=1S/C16H11ClFN5S/c17-13-7-12-14(20-8-10-1-3-11(18)4-2-10)21-16(22-15(12)24-13)23-6-5-19-9-23/h1-7,9H,8H2,(H,20,21,22). The number of nitrogens with one attached hydrogen (secondary N) is 1. The summed E-state index contributed by atoms with van der Waals surface area (Å²) in [7, 11) is 0. The summed E-state index contributed by atoms with van der Waals surface area (Å²) in [5.41, 5.74) is 0.952. The van der Waals surface area contributed by atoms with E-state index in [4.69, 9.17) is 11.6 Å². The number of halogens is 2. The number of thiophene rings is 1. The third-order valence-corrected chi connectivity index (χ3v) is 4.62. The zero-order valence-electron chi connectivity index (χ0n) is 12.3. The number of hydrogen-bond donors (Lipinski definition) is 1. The lowest BCUT2D eigenvalue weighted by molar-refractivity contribution is 0.627. The quantitative estimate of drug-likeness (QED) is 0.591. The van der Waals surface area contributed by atoms with Crippen LogP contribution < -0.4 is 5.32 Å². The molecule has 0 radical (unpaired) electrons. The molecule has 0 spiro atoms. The monoisotopic (exact) mass is 359 g/mol. The predicted molar refractivity (Wildman–Crippen MR) is 93.3 cm³/mol. The highest BCUT2D eigenvalue weighted by atomic mass is 35.5. The normalized spacial score (nSPS) is 11.1. The molecule has 0 fully saturated rings. The van der Waals surface area contributed by atoms with Crippen LogP contribution in [0.1, 0.15) is 5.56 Å². The van der Waals surface area contributed by atoms with Crippen molar-refractivity contribution in [2.45, 2.75) is 6.54 Å². The highest BCUT2D eigenvalue weighted by molar-refractivity contribution is 7.22. The summed E-state index contributed by atoms with van der Waals surface area (Å²) in [6.07, 6.45) is 5.08. The van der Waals surface area contributed by atoms with E-state index in [1.165, 1.54) is 23.5 Å². The maximum atomic E-state index is 13.0. The number of aromatic nitrogens is 4. The van der Waals surface area contributed by atoms with Crippen LogP contribution in [0.2, 0.25) is 4.34 Å². The Morgan fingerprint density at radius 1 is 1.21 bits per heavy atom. The Kier molecular flexibility index (Phi) is 3.87. The molecule has 120 valence electrons. The second-order valence-electron chi connectivity index (χ2n) is 5.09. The summed E-state index contributed by atoms with van der Waals surface area (Å²) in [5, 5.41) is 4.14. The fourth-order valence-corrected chi connectivity index (χ4v) is 3.38. The molecule has 1 aromatic carbocycles. The number of anilines is 1. The van der Waals surface area contributed by atoms with Gasteiger partial charge in [0, 0.05) is 18.9 Å². The number of rotatable bonds is 4. The van der Waals surface area contributed by atoms with Gasteiger partial charge >= 0.3 is 0 Å². The molecule has 0 amide bonds. The summed E-state index contributed by atoms with van der Waals surface area (Å²) >= 11 is 7.52. The second-order valence-corrected chi connectivity index (χ2v) is 6.75. The van der Waals surface area contributed by atoms with Crippen molar-refractivity contribution in [2.24, 2.45) is 0 Å². The van der Waals surface area contributed by atoms with Crippen LogP contribution in [0.3, 0.4) is 0 Å². The van der Waals surface area contributed by atoms with E-state index in [0.717, 1.165) is 15.8 Å². The van der Waals surface area contributed by atoms with Crippen molar-refractivity contribution in [3.8, 4) is 5.95 Å². The van der Waals surface area contributed by atoms with E-state index in [0.29, 0.717) is 22.6 Å². The summed E-state index contributed by atoms with van der Waals surface area (Å²) in [6, 6.07) is 8.18. The summed E-state index contributed by atoms with van der Waals surface area (Å²) in [4.78, 5) is 13.9. The third-order valence-electron chi connectivity index (χ3n) is 3.46. The lowest BCUT2D eigenvalue weighted by Gasteiger charge is -2.09. The van der Waals surface area contributed by atoms with E-state index < -0.39 is 0 Å². The van der Waals surface area contributed by atoms with Crippen molar-refractivity contribution in [2.75, 3.05) is 5.32 Å². The molecular formula is C16H11ClFN5S. The van der Waals surface area contributed by atoms with E-state index in [1.54, 1.807) is 35.4 Å². The first-order valence-electron chi connectivity index (χ1n) is 7.13. The fourth-order valence-electron chi connectivity index (χ4n) is 2.30. The van der Waals surface area contributed by atoms with E-state index in [-0.39, 0.29) is 5.82 Å². The lowest BCUT2D eigenvalue weighted by atomic mass is 10.2. The minimum absolute atomic E-state index is 0.254. The Balaban J connectivity index is 1.71. The molecule has 0 bridgehead atoms. The topological polar surface area (TPSA) is 55.6 Å². The molecule has 0 atom stereocenters. The van der Waals surface area contributed by atoms with Crippen molar-refractivity contribution < 1.29 is 4.39 Å². The van der Waals surface area contributed by atoms with Crippen LogP contribution >= 0.6 is 22.9 Å². The van der Waals surface area contributed by atoms with E-state index in [2.05, 4.69) is 20.3 Å². The summed E-state index contributed by atoms with van der Waals surface area (Å²) in [6.45, 7) is 0.517. The molecule has 1 N–H and O–H groups in total. The molecule has 0 aliphatic heterocycles. The molecule has 4 rings (SSSR count). The van der Waals surface area contributed by atoms with Gasteiger partial charge in [-0.2, -0.15) is 4.98 Å². The minimum Gasteiger partial charge on any atom is -0.365 e. The molecule has 0 unspecified atom stereocenters. The van der Waals surface area contributed by atoms with Crippen LogP contribution in [0.15, 0.2) is 49.1 Å². The molecule has 3 aromatic heterocycles. The maximum Gasteiger partial charge on any atom is 0.238 e. The zero-order chi connectivity index (χ0) is 16.5. The van der Waals surface area contributed by atoms with Gasteiger partial charge in [0.05, 0.1) is 9.72 Å². The minimum atomic E-state index is -0.254.